The number of unbranched alkanes of at least 4 members (excludes halogenated alkanes) is 10. The molecule has 1 nitrogen and oxygen atoms in total. The lowest BCUT2D eigenvalue weighted by Gasteiger charge is -2.23. The topological polar surface area (TPSA) is 20.2 Å². The Morgan fingerprint density at radius 2 is 0.895 bits per heavy atom. The van der Waals surface area contributed by atoms with Crippen LogP contribution in [0.25, 0.3) is 0 Å². The summed E-state index contributed by atoms with van der Waals surface area (Å²) in [6.45, 7) is 6.53. The van der Waals surface area contributed by atoms with Crippen LogP contribution < -0.4 is 0 Å². The number of hydrogen-bond donors (Lipinski definition) is 1. The molecule has 0 bridgehead atoms. The van der Waals surface area contributed by atoms with E-state index in [0.29, 0.717) is 0 Å². The van der Waals surface area contributed by atoms with Gasteiger partial charge in [0.25, 0.3) is 0 Å². The average molecular weight is 271 g/mol. The summed E-state index contributed by atoms with van der Waals surface area (Å²) in [6.07, 6.45) is 17.8. The molecule has 0 radical (unpaired) electrons. The molecule has 116 valence electrons. The lowest BCUT2D eigenvalue weighted by Crippen LogP contribution is -2.23. The highest BCUT2D eigenvalue weighted by atomic mass is 16.3. The number of hydrogen-bond acceptors (Lipinski definition) is 1. The first-order chi connectivity index (χ1) is 9.12. The van der Waals surface area contributed by atoms with Gasteiger partial charge in [0.05, 0.1) is 5.60 Å². The summed E-state index contributed by atoms with van der Waals surface area (Å²) in [4.78, 5) is 0. The van der Waals surface area contributed by atoms with Crippen LogP contribution in [0.1, 0.15) is 111 Å². The standard InChI is InChI=1S/C18H38O/c1-4-6-8-10-11-12-13-15-17-18(3,19)16-14-9-7-5-2/h19H,4-17H2,1-3H3. The molecule has 1 atom stereocenters. The first-order valence-corrected chi connectivity index (χ1v) is 8.84. The monoisotopic (exact) mass is 270 g/mol. The van der Waals surface area contributed by atoms with Crippen LogP contribution in [-0.4, -0.2) is 10.7 Å². The Hall–Kier alpha value is -0.0400. The van der Waals surface area contributed by atoms with E-state index < -0.39 is 5.60 Å². The van der Waals surface area contributed by atoms with Crippen molar-refractivity contribution < 1.29 is 5.11 Å². The summed E-state index contributed by atoms with van der Waals surface area (Å²) in [5.74, 6) is 0. The smallest absolute Gasteiger partial charge is 0.0619 e. The fraction of sp³-hybridized carbons (Fsp3) is 1.00. The Morgan fingerprint density at radius 3 is 1.32 bits per heavy atom. The normalized spacial score (nSPS) is 14.5. The molecule has 0 rings (SSSR count). The largest absolute Gasteiger partial charge is 0.390 e. The van der Waals surface area contributed by atoms with Gasteiger partial charge in [-0.2, -0.15) is 0 Å². The summed E-state index contributed by atoms with van der Waals surface area (Å²) < 4.78 is 0. The highest BCUT2D eigenvalue weighted by molar-refractivity contribution is 4.72. The van der Waals surface area contributed by atoms with Crippen molar-refractivity contribution in [2.24, 2.45) is 0 Å². The van der Waals surface area contributed by atoms with E-state index in [4.69, 9.17) is 0 Å². The maximum absolute atomic E-state index is 10.3. The molecule has 0 aromatic carbocycles. The van der Waals surface area contributed by atoms with Gasteiger partial charge in [0.15, 0.2) is 0 Å². The summed E-state index contributed by atoms with van der Waals surface area (Å²) >= 11 is 0. The van der Waals surface area contributed by atoms with Gasteiger partial charge in [-0.1, -0.05) is 90.9 Å². The van der Waals surface area contributed by atoms with Crippen molar-refractivity contribution in [1.82, 2.24) is 0 Å². The van der Waals surface area contributed by atoms with Gasteiger partial charge in [-0.3, -0.25) is 0 Å². The zero-order chi connectivity index (χ0) is 14.4. The van der Waals surface area contributed by atoms with Crippen LogP contribution >= 0.6 is 0 Å². The molecule has 1 heteroatoms. The van der Waals surface area contributed by atoms with E-state index >= 15 is 0 Å². The second-order valence-corrected chi connectivity index (χ2v) is 6.53. The molecule has 0 aromatic heterocycles. The molecule has 0 aliphatic carbocycles. The van der Waals surface area contributed by atoms with E-state index in [1.807, 2.05) is 6.92 Å². The van der Waals surface area contributed by atoms with Crippen molar-refractivity contribution >= 4 is 0 Å². The summed E-state index contributed by atoms with van der Waals surface area (Å²) in [7, 11) is 0. The van der Waals surface area contributed by atoms with Crippen LogP contribution in [0.2, 0.25) is 0 Å². The summed E-state index contributed by atoms with van der Waals surface area (Å²) in [6, 6.07) is 0. The molecule has 1 unspecified atom stereocenters. The Balaban J connectivity index is 3.32. The van der Waals surface area contributed by atoms with Gasteiger partial charge in [0.1, 0.15) is 0 Å². The van der Waals surface area contributed by atoms with Gasteiger partial charge in [-0.05, 0) is 19.8 Å². The third-order valence-corrected chi connectivity index (χ3v) is 4.14. The molecule has 0 fully saturated rings. The lowest BCUT2D eigenvalue weighted by molar-refractivity contribution is 0.0366. The maximum atomic E-state index is 10.3. The molecule has 1 N–H and O–H groups in total. The third kappa shape index (κ3) is 14.2. The van der Waals surface area contributed by atoms with Crippen molar-refractivity contribution in [2.75, 3.05) is 0 Å². The molecule has 0 aliphatic rings. The Kier molecular flexibility index (Phi) is 12.9. The van der Waals surface area contributed by atoms with E-state index in [0.717, 1.165) is 12.8 Å². The SMILES string of the molecule is CCCCCCCCCCC(C)(O)CCCCCC. The van der Waals surface area contributed by atoms with Gasteiger partial charge in [-0.15, -0.1) is 0 Å². The molecule has 0 amide bonds. The van der Waals surface area contributed by atoms with Crippen molar-refractivity contribution in [1.29, 1.82) is 0 Å². The maximum Gasteiger partial charge on any atom is 0.0619 e. The molecular formula is C18H38O. The first kappa shape index (κ1) is 19.0. The van der Waals surface area contributed by atoms with Crippen molar-refractivity contribution in [3.63, 3.8) is 0 Å². The molecule has 0 saturated carbocycles. The molecule has 0 spiro atoms. The van der Waals surface area contributed by atoms with Crippen LogP contribution in [-0.2, 0) is 0 Å². The van der Waals surface area contributed by atoms with Gasteiger partial charge >= 0.3 is 0 Å². The van der Waals surface area contributed by atoms with Gasteiger partial charge in [-0.25, -0.2) is 0 Å². The lowest BCUT2D eigenvalue weighted by atomic mass is 9.91. The number of rotatable bonds is 14. The highest BCUT2D eigenvalue weighted by Gasteiger charge is 2.18. The van der Waals surface area contributed by atoms with Crippen LogP contribution in [0.15, 0.2) is 0 Å². The Morgan fingerprint density at radius 1 is 0.579 bits per heavy atom. The first-order valence-electron chi connectivity index (χ1n) is 8.84. The predicted octanol–water partition coefficient (Wildman–Crippen LogP) is 6.24. The Labute approximate surface area is 122 Å². The fourth-order valence-electron chi connectivity index (χ4n) is 2.70. The van der Waals surface area contributed by atoms with Crippen LogP contribution in [0.4, 0.5) is 0 Å². The fourth-order valence-corrected chi connectivity index (χ4v) is 2.70. The third-order valence-electron chi connectivity index (χ3n) is 4.14. The van der Waals surface area contributed by atoms with Gasteiger partial charge in [0.2, 0.25) is 0 Å². The van der Waals surface area contributed by atoms with Gasteiger partial charge < -0.3 is 5.11 Å². The van der Waals surface area contributed by atoms with E-state index in [1.54, 1.807) is 0 Å². The molecule has 19 heavy (non-hydrogen) atoms. The minimum atomic E-state index is -0.407. The van der Waals surface area contributed by atoms with Gasteiger partial charge in [0, 0.05) is 0 Å². The summed E-state index contributed by atoms with van der Waals surface area (Å²) in [5.41, 5.74) is -0.407. The van der Waals surface area contributed by atoms with E-state index in [2.05, 4.69) is 13.8 Å². The minimum Gasteiger partial charge on any atom is -0.390 e. The van der Waals surface area contributed by atoms with Crippen molar-refractivity contribution in [3.8, 4) is 0 Å². The van der Waals surface area contributed by atoms with E-state index in [-0.39, 0.29) is 0 Å². The highest BCUT2D eigenvalue weighted by Crippen LogP contribution is 2.22. The molecule has 0 saturated heterocycles. The molecular weight excluding hydrogens is 232 g/mol. The van der Waals surface area contributed by atoms with Crippen LogP contribution in [0.5, 0.6) is 0 Å². The zero-order valence-corrected chi connectivity index (χ0v) is 13.8. The quantitative estimate of drug-likeness (QED) is 0.370. The second kappa shape index (κ2) is 13.0. The predicted molar refractivity (Wildman–Crippen MR) is 86.6 cm³/mol. The second-order valence-electron chi connectivity index (χ2n) is 6.53. The van der Waals surface area contributed by atoms with E-state index in [9.17, 15) is 5.11 Å². The molecule has 0 heterocycles. The minimum absolute atomic E-state index is 0.407. The van der Waals surface area contributed by atoms with Crippen molar-refractivity contribution in [3.05, 3.63) is 0 Å². The van der Waals surface area contributed by atoms with Crippen LogP contribution in [0, 0.1) is 0 Å². The zero-order valence-electron chi connectivity index (χ0n) is 13.8. The number of aliphatic hydroxyl groups is 1. The average Bonchev–Trinajstić information content (AvgIpc) is 2.38. The van der Waals surface area contributed by atoms with Crippen LogP contribution in [0.3, 0.4) is 0 Å². The molecule has 0 aromatic rings. The summed E-state index contributed by atoms with van der Waals surface area (Å²) in [5, 5.41) is 10.3. The Bertz CT molecular complexity index is 175. The van der Waals surface area contributed by atoms with E-state index in [1.165, 1.54) is 77.0 Å². The molecule has 0 aliphatic heterocycles. The van der Waals surface area contributed by atoms with Crippen molar-refractivity contribution in [2.45, 2.75) is 116 Å².